The number of hydrogen-bond donors (Lipinski definition) is 1. The third kappa shape index (κ3) is 2.67. The van der Waals surface area contributed by atoms with Gasteiger partial charge in [-0.25, -0.2) is 4.79 Å². The van der Waals surface area contributed by atoms with Gasteiger partial charge in [0.2, 0.25) is 0 Å². The Kier molecular flexibility index (Phi) is 3.69. The highest BCUT2D eigenvalue weighted by Crippen LogP contribution is 2.19. The van der Waals surface area contributed by atoms with Crippen molar-refractivity contribution in [1.29, 1.82) is 0 Å². The summed E-state index contributed by atoms with van der Waals surface area (Å²) < 4.78 is 0. The first kappa shape index (κ1) is 11.7. The first-order valence-corrected chi connectivity index (χ1v) is 6.38. The van der Waals surface area contributed by atoms with Gasteiger partial charge >= 0.3 is 6.03 Å². The van der Waals surface area contributed by atoms with Crippen LogP contribution in [-0.4, -0.2) is 55.1 Å². The van der Waals surface area contributed by atoms with Crippen molar-refractivity contribution in [3.8, 4) is 0 Å². The lowest BCUT2D eigenvalue weighted by Crippen LogP contribution is -2.51. The van der Waals surface area contributed by atoms with Crippen molar-refractivity contribution in [3.63, 3.8) is 0 Å². The second-order valence-electron chi connectivity index (χ2n) is 5.26. The topological polar surface area (TPSA) is 35.6 Å². The number of nitrogens with one attached hydrogen (secondary N) is 1. The highest BCUT2D eigenvalue weighted by molar-refractivity contribution is 5.74. The summed E-state index contributed by atoms with van der Waals surface area (Å²) in [5.41, 5.74) is 0. The van der Waals surface area contributed by atoms with Gasteiger partial charge in [0.25, 0.3) is 0 Å². The molecule has 92 valence electrons. The van der Waals surface area contributed by atoms with E-state index in [9.17, 15) is 4.79 Å². The predicted octanol–water partition coefficient (Wildman–Crippen LogP) is 1.27. The Balaban J connectivity index is 1.72. The number of urea groups is 1. The van der Waals surface area contributed by atoms with Gasteiger partial charge in [-0.2, -0.15) is 0 Å². The maximum atomic E-state index is 11.9. The largest absolute Gasteiger partial charge is 0.335 e. The van der Waals surface area contributed by atoms with Gasteiger partial charge in [0.15, 0.2) is 0 Å². The number of amides is 2. The van der Waals surface area contributed by atoms with Crippen LogP contribution in [-0.2, 0) is 0 Å². The van der Waals surface area contributed by atoms with E-state index in [1.54, 1.807) is 0 Å². The first-order valence-electron chi connectivity index (χ1n) is 6.38. The zero-order valence-corrected chi connectivity index (χ0v) is 10.4. The van der Waals surface area contributed by atoms with E-state index in [-0.39, 0.29) is 6.03 Å². The van der Waals surface area contributed by atoms with Gasteiger partial charge in [-0.1, -0.05) is 0 Å². The van der Waals surface area contributed by atoms with Crippen LogP contribution in [0, 0.1) is 0 Å². The molecule has 0 aromatic heterocycles. The molecule has 1 heterocycles. The van der Waals surface area contributed by atoms with E-state index < -0.39 is 0 Å². The number of nitrogens with zero attached hydrogens (tertiary/aromatic N) is 2. The van der Waals surface area contributed by atoms with Gasteiger partial charge in [-0.05, 0) is 46.2 Å². The molecule has 1 aliphatic carbocycles. The normalized spacial score (nSPS) is 23.3. The maximum absolute atomic E-state index is 11.9. The standard InChI is InChI=1S/C12H23N3O/c1-14(2)11-6-8-15(9-7-11)12(16)13-10-4-3-5-10/h10-11H,3-9H2,1-2H3,(H,13,16). The number of likely N-dealkylation sites (tertiary alicyclic amines) is 1. The van der Waals surface area contributed by atoms with Gasteiger partial charge < -0.3 is 15.1 Å². The molecule has 2 rings (SSSR count). The van der Waals surface area contributed by atoms with Crippen molar-refractivity contribution < 1.29 is 4.79 Å². The van der Waals surface area contributed by atoms with Crippen LogP contribution in [0.5, 0.6) is 0 Å². The predicted molar refractivity (Wildman–Crippen MR) is 64.5 cm³/mol. The molecule has 1 saturated heterocycles. The van der Waals surface area contributed by atoms with E-state index in [2.05, 4.69) is 24.3 Å². The molecule has 0 aromatic rings. The van der Waals surface area contributed by atoms with Crippen LogP contribution in [0.4, 0.5) is 4.79 Å². The van der Waals surface area contributed by atoms with Gasteiger partial charge in [0.1, 0.15) is 0 Å². The zero-order valence-electron chi connectivity index (χ0n) is 10.4. The van der Waals surface area contributed by atoms with Crippen LogP contribution in [0.3, 0.4) is 0 Å². The van der Waals surface area contributed by atoms with Crippen LogP contribution >= 0.6 is 0 Å². The minimum absolute atomic E-state index is 0.155. The van der Waals surface area contributed by atoms with Crippen LogP contribution in [0.2, 0.25) is 0 Å². The van der Waals surface area contributed by atoms with Gasteiger partial charge in [0, 0.05) is 25.2 Å². The molecule has 0 radical (unpaired) electrons. The minimum Gasteiger partial charge on any atom is -0.335 e. The van der Waals surface area contributed by atoms with Gasteiger partial charge in [-0.3, -0.25) is 0 Å². The van der Waals surface area contributed by atoms with Crippen molar-refractivity contribution in [2.45, 2.75) is 44.2 Å². The molecule has 2 aliphatic rings. The van der Waals surface area contributed by atoms with Crippen LogP contribution in [0.15, 0.2) is 0 Å². The van der Waals surface area contributed by atoms with E-state index in [1.807, 2.05) is 4.90 Å². The number of hydrogen-bond acceptors (Lipinski definition) is 2. The Labute approximate surface area is 98.0 Å². The smallest absolute Gasteiger partial charge is 0.317 e. The molecule has 0 unspecified atom stereocenters. The highest BCUT2D eigenvalue weighted by Gasteiger charge is 2.26. The molecule has 2 amide bonds. The van der Waals surface area contributed by atoms with Crippen molar-refractivity contribution in [2.75, 3.05) is 27.2 Å². The Morgan fingerprint density at radius 3 is 2.25 bits per heavy atom. The van der Waals surface area contributed by atoms with Gasteiger partial charge in [0.05, 0.1) is 0 Å². The average Bonchev–Trinajstić information content (AvgIpc) is 2.23. The van der Waals surface area contributed by atoms with Crippen LogP contribution in [0.1, 0.15) is 32.1 Å². The van der Waals surface area contributed by atoms with Crippen molar-refractivity contribution in [1.82, 2.24) is 15.1 Å². The Morgan fingerprint density at radius 2 is 1.81 bits per heavy atom. The van der Waals surface area contributed by atoms with Crippen LogP contribution < -0.4 is 5.32 Å². The Hall–Kier alpha value is -0.770. The minimum atomic E-state index is 0.155. The molecule has 0 spiro atoms. The van der Waals surface area contributed by atoms with E-state index in [1.165, 1.54) is 19.3 Å². The van der Waals surface area contributed by atoms with E-state index >= 15 is 0 Å². The Bertz CT molecular complexity index is 243. The molecule has 0 bridgehead atoms. The fourth-order valence-electron chi connectivity index (χ4n) is 2.40. The molecule has 1 N–H and O–H groups in total. The molecule has 4 heteroatoms. The van der Waals surface area contributed by atoms with E-state index in [4.69, 9.17) is 0 Å². The first-order chi connectivity index (χ1) is 7.66. The number of carbonyl (C=O) groups is 1. The van der Waals surface area contributed by atoms with E-state index in [0.717, 1.165) is 25.9 Å². The summed E-state index contributed by atoms with van der Waals surface area (Å²) in [5, 5.41) is 3.10. The summed E-state index contributed by atoms with van der Waals surface area (Å²) in [7, 11) is 4.24. The fourth-order valence-corrected chi connectivity index (χ4v) is 2.40. The third-order valence-electron chi connectivity index (χ3n) is 3.91. The summed E-state index contributed by atoms with van der Waals surface area (Å²) in [6, 6.07) is 1.26. The van der Waals surface area contributed by atoms with Crippen LogP contribution in [0.25, 0.3) is 0 Å². The fraction of sp³-hybridized carbons (Fsp3) is 0.917. The molecule has 2 fully saturated rings. The second kappa shape index (κ2) is 5.04. The molecular formula is C12H23N3O. The highest BCUT2D eigenvalue weighted by atomic mass is 16.2. The monoisotopic (exact) mass is 225 g/mol. The van der Waals surface area contributed by atoms with Crippen molar-refractivity contribution in [2.24, 2.45) is 0 Å². The molecule has 4 nitrogen and oxygen atoms in total. The molecule has 16 heavy (non-hydrogen) atoms. The molecule has 1 saturated carbocycles. The molecule has 0 atom stereocenters. The SMILES string of the molecule is CN(C)C1CCN(C(=O)NC2CCC2)CC1. The molecule has 0 aromatic carbocycles. The summed E-state index contributed by atoms with van der Waals surface area (Å²) in [6.07, 6.45) is 5.81. The third-order valence-corrected chi connectivity index (χ3v) is 3.91. The number of piperidine rings is 1. The summed E-state index contributed by atoms with van der Waals surface area (Å²) in [6.45, 7) is 1.81. The second-order valence-corrected chi connectivity index (χ2v) is 5.26. The summed E-state index contributed by atoms with van der Waals surface area (Å²) in [5.74, 6) is 0. The van der Waals surface area contributed by atoms with E-state index in [0.29, 0.717) is 12.1 Å². The lowest BCUT2D eigenvalue weighted by molar-refractivity contribution is 0.142. The lowest BCUT2D eigenvalue weighted by Gasteiger charge is -2.37. The molecular weight excluding hydrogens is 202 g/mol. The lowest BCUT2D eigenvalue weighted by atomic mass is 9.93. The Morgan fingerprint density at radius 1 is 1.19 bits per heavy atom. The molecule has 1 aliphatic heterocycles. The summed E-state index contributed by atoms with van der Waals surface area (Å²) >= 11 is 0. The number of carbonyl (C=O) groups excluding carboxylic acids is 1. The van der Waals surface area contributed by atoms with Crippen molar-refractivity contribution in [3.05, 3.63) is 0 Å². The summed E-state index contributed by atoms with van der Waals surface area (Å²) in [4.78, 5) is 16.1. The average molecular weight is 225 g/mol. The van der Waals surface area contributed by atoms with Crippen molar-refractivity contribution >= 4 is 6.03 Å². The number of rotatable bonds is 2. The quantitative estimate of drug-likeness (QED) is 0.768. The maximum Gasteiger partial charge on any atom is 0.317 e. The zero-order chi connectivity index (χ0) is 11.5. The van der Waals surface area contributed by atoms with Gasteiger partial charge in [-0.15, -0.1) is 0 Å².